The highest BCUT2D eigenvalue weighted by molar-refractivity contribution is 9.10. The summed E-state index contributed by atoms with van der Waals surface area (Å²) in [6.07, 6.45) is 8.26. The molecule has 0 bridgehead atoms. The summed E-state index contributed by atoms with van der Waals surface area (Å²) >= 11 is 3.68. The molecule has 3 rings (SSSR count). The first-order chi connectivity index (χ1) is 9.26. The van der Waals surface area contributed by atoms with Crippen LogP contribution in [-0.4, -0.2) is 12.1 Å². The Morgan fingerprint density at radius 2 is 2.00 bits per heavy atom. The van der Waals surface area contributed by atoms with E-state index in [1.807, 2.05) is 0 Å². The Morgan fingerprint density at radius 3 is 2.63 bits per heavy atom. The average Bonchev–Trinajstić information content (AvgIpc) is 3.17. The maximum atomic E-state index is 3.88. The quantitative estimate of drug-likeness (QED) is 0.788. The first kappa shape index (κ1) is 13.6. The second-order valence-electron chi connectivity index (χ2n) is 6.34. The zero-order valence-electron chi connectivity index (χ0n) is 11.7. The van der Waals surface area contributed by atoms with E-state index in [1.165, 1.54) is 48.6 Å². The fraction of sp³-hybridized carbons (Fsp3) is 0.647. The summed E-state index contributed by atoms with van der Waals surface area (Å²) in [4.78, 5) is 0. The third-order valence-electron chi connectivity index (χ3n) is 4.76. The molecule has 1 unspecified atom stereocenters. The highest BCUT2D eigenvalue weighted by Crippen LogP contribution is 2.41. The summed E-state index contributed by atoms with van der Waals surface area (Å²) in [5.41, 5.74) is 1.50. The van der Waals surface area contributed by atoms with E-state index in [9.17, 15) is 0 Å². The number of nitrogens with one attached hydrogen (secondary N) is 1. The summed E-state index contributed by atoms with van der Waals surface area (Å²) in [6, 6.07) is 10.2. The van der Waals surface area contributed by atoms with Gasteiger partial charge in [-0.1, -0.05) is 53.9 Å². The maximum Gasteiger partial charge on any atom is 0.0210 e. The normalized spacial score (nSPS) is 27.9. The SMILES string of the molecule is CCC(CC1CC1)NC1CC(c2ccccc2Br)C1. The highest BCUT2D eigenvalue weighted by Gasteiger charge is 2.33. The second kappa shape index (κ2) is 5.97. The summed E-state index contributed by atoms with van der Waals surface area (Å²) in [5, 5.41) is 3.88. The van der Waals surface area contributed by atoms with Crippen molar-refractivity contribution in [3.63, 3.8) is 0 Å². The molecule has 1 aromatic rings. The predicted octanol–water partition coefficient (Wildman–Crippen LogP) is 4.86. The maximum absolute atomic E-state index is 3.88. The number of halogens is 1. The van der Waals surface area contributed by atoms with Crippen LogP contribution in [0.1, 0.15) is 56.9 Å². The van der Waals surface area contributed by atoms with Gasteiger partial charge in [0.1, 0.15) is 0 Å². The molecular formula is C17H24BrN. The topological polar surface area (TPSA) is 12.0 Å². The van der Waals surface area contributed by atoms with Crippen molar-refractivity contribution in [3.05, 3.63) is 34.3 Å². The first-order valence-corrected chi connectivity index (χ1v) is 8.56. The van der Waals surface area contributed by atoms with Crippen LogP contribution in [0.4, 0.5) is 0 Å². The Labute approximate surface area is 125 Å². The van der Waals surface area contributed by atoms with Gasteiger partial charge in [-0.2, -0.15) is 0 Å². The lowest BCUT2D eigenvalue weighted by Crippen LogP contribution is -2.45. The fourth-order valence-corrected chi connectivity index (χ4v) is 3.86. The molecule has 2 saturated carbocycles. The molecule has 2 aliphatic carbocycles. The van der Waals surface area contributed by atoms with Crippen molar-refractivity contribution in [2.45, 2.75) is 63.5 Å². The Bertz CT molecular complexity index is 421. The monoisotopic (exact) mass is 321 g/mol. The van der Waals surface area contributed by atoms with E-state index in [-0.39, 0.29) is 0 Å². The van der Waals surface area contributed by atoms with Crippen LogP contribution in [0, 0.1) is 5.92 Å². The molecule has 0 aliphatic heterocycles. The van der Waals surface area contributed by atoms with Crippen molar-refractivity contribution in [2.75, 3.05) is 0 Å². The van der Waals surface area contributed by atoms with E-state index in [2.05, 4.69) is 52.4 Å². The van der Waals surface area contributed by atoms with Gasteiger partial charge in [0.05, 0.1) is 0 Å². The number of rotatable bonds is 6. The number of hydrogen-bond acceptors (Lipinski definition) is 1. The van der Waals surface area contributed by atoms with E-state index in [0.29, 0.717) is 0 Å². The van der Waals surface area contributed by atoms with Crippen LogP contribution < -0.4 is 5.32 Å². The molecule has 2 aliphatic rings. The van der Waals surface area contributed by atoms with E-state index >= 15 is 0 Å². The zero-order chi connectivity index (χ0) is 13.2. The van der Waals surface area contributed by atoms with Crippen LogP contribution in [0.2, 0.25) is 0 Å². The van der Waals surface area contributed by atoms with E-state index in [0.717, 1.165) is 23.9 Å². The number of hydrogen-bond donors (Lipinski definition) is 1. The summed E-state index contributed by atoms with van der Waals surface area (Å²) in [5.74, 6) is 1.79. The molecule has 2 heteroatoms. The molecule has 0 amide bonds. The lowest BCUT2D eigenvalue weighted by atomic mass is 9.75. The molecule has 1 N–H and O–H groups in total. The number of benzene rings is 1. The van der Waals surface area contributed by atoms with Crippen molar-refractivity contribution in [1.29, 1.82) is 0 Å². The second-order valence-corrected chi connectivity index (χ2v) is 7.19. The molecule has 0 aromatic heterocycles. The highest BCUT2D eigenvalue weighted by atomic mass is 79.9. The lowest BCUT2D eigenvalue weighted by Gasteiger charge is -2.39. The van der Waals surface area contributed by atoms with Crippen LogP contribution in [0.25, 0.3) is 0 Å². The van der Waals surface area contributed by atoms with Crippen LogP contribution >= 0.6 is 15.9 Å². The smallest absolute Gasteiger partial charge is 0.0210 e. The Balaban J connectivity index is 1.48. The van der Waals surface area contributed by atoms with Crippen molar-refractivity contribution in [1.82, 2.24) is 5.32 Å². The average molecular weight is 322 g/mol. The van der Waals surface area contributed by atoms with Crippen LogP contribution in [-0.2, 0) is 0 Å². The van der Waals surface area contributed by atoms with Gasteiger partial charge in [-0.15, -0.1) is 0 Å². The minimum atomic E-state index is 0.751. The Morgan fingerprint density at radius 1 is 1.26 bits per heavy atom. The molecule has 104 valence electrons. The largest absolute Gasteiger partial charge is 0.311 e. The van der Waals surface area contributed by atoms with Crippen molar-refractivity contribution in [2.24, 2.45) is 5.92 Å². The third kappa shape index (κ3) is 3.41. The van der Waals surface area contributed by atoms with Crippen molar-refractivity contribution in [3.8, 4) is 0 Å². The van der Waals surface area contributed by atoms with Crippen molar-refractivity contribution < 1.29 is 0 Å². The van der Waals surface area contributed by atoms with Crippen molar-refractivity contribution >= 4 is 15.9 Å². The minimum absolute atomic E-state index is 0.751. The van der Waals surface area contributed by atoms with Gasteiger partial charge in [-0.05, 0) is 49.1 Å². The summed E-state index contributed by atoms with van der Waals surface area (Å²) in [7, 11) is 0. The zero-order valence-corrected chi connectivity index (χ0v) is 13.3. The Kier molecular flexibility index (Phi) is 4.28. The van der Waals surface area contributed by atoms with Gasteiger partial charge in [0, 0.05) is 16.6 Å². The van der Waals surface area contributed by atoms with E-state index < -0.39 is 0 Å². The van der Waals surface area contributed by atoms with Gasteiger partial charge in [0.15, 0.2) is 0 Å². The molecular weight excluding hydrogens is 298 g/mol. The Hall–Kier alpha value is -0.340. The fourth-order valence-electron chi connectivity index (χ4n) is 3.26. The van der Waals surface area contributed by atoms with Crippen LogP contribution in [0.3, 0.4) is 0 Å². The van der Waals surface area contributed by atoms with E-state index in [4.69, 9.17) is 0 Å². The van der Waals surface area contributed by atoms with Gasteiger partial charge < -0.3 is 5.32 Å². The van der Waals surface area contributed by atoms with Gasteiger partial charge in [-0.25, -0.2) is 0 Å². The van der Waals surface area contributed by atoms with E-state index in [1.54, 1.807) is 0 Å². The minimum Gasteiger partial charge on any atom is -0.311 e. The van der Waals surface area contributed by atoms with Gasteiger partial charge in [0.25, 0.3) is 0 Å². The molecule has 0 heterocycles. The standard InChI is InChI=1S/C17H24BrN/c1-2-14(9-12-7-8-12)19-15-10-13(11-15)16-5-3-4-6-17(16)18/h3-6,12-15,19H,2,7-11H2,1H3. The summed E-state index contributed by atoms with van der Waals surface area (Å²) in [6.45, 7) is 2.32. The molecule has 0 saturated heterocycles. The lowest BCUT2D eigenvalue weighted by molar-refractivity contribution is 0.252. The molecule has 1 nitrogen and oxygen atoms in total. The summed E-state index contributed by atoms with van der Waals surface area (Å²) < 4.78 is 1.28. The third-order valence-corrected chi connectivity index (χ3v) is 5.48. The molecule has 2 fully saturated rings. The van der Waals surface area contributed by atoms with Crippen LogP contribution in [0.15, 0.2) is 28.7 Å². The molecule has 1 atom stereocenters. The van der Waals surface area contributed by atoms with Gasteiger partial charge in [0.2, 0.25) is 0 Å². The van der Waals surface area contributed by atoms with Crippen LogP contribution in [0.5, 0.6) is 0 Å². The van der Waals surface area contributed by atoms with Gasteiger partial charge in [-0.3, -0.25) is 0 Å². The molecule has 19 heavy (non-hydrogen) atoms. The van der Waals surface area contributed by atoms with Gasteiger partial charge >= 0.3 is 0 Å². The first-order valence-electron chi connectivity index (χ1n) is 7.76. The predicted molar refractivity (Wildman–Crippen MR) is 84.5 cm³/mol. The molecule has 0 radical (unpaired) electrons. The molecule has 1 aromatic carbocycles. The molecule has 0 spiro atoms.